The Morgan fingerprint density at radius 3 is 2.47 bits per heavy atom. The molecule has 1 heterocycles. The van der Waals surface area contributed by atoms with Crippen molar-refractivity contribution in [1.82, 2.24) is 5.32 Å². The van der Waals surface area contributed by atoms with Crippen LogP contribution in [-0.4, -0.2) is 33.8 Å². The number of hydrogen-bond donors (Lipinski definition) is 2. The van der Waals surface area contributed by atoms with Gasteiger partial charge in [0.05, 0.1) is 16.8 Å². The number of nitrogens with zero attached hydrogens (tertiary/aromatic N) is 1. The molecular formula is C21H21N3O5S. The normalized spacial score (nSPS) is 11.0. The van der Waals surface area contributed by atoms with Crippen LogP contribution in [0.1, 0.15) is 17.0 Å². The smallest absolute Gasteiger partial charge is 0.286 e. The van der Waals surface area contributed by atoms with Crippen molar-refractivity contribution in [1.29, 1.82) is 0 Å². The van der Waals surface area contributed by atoms with E-state index in [1.807, 2.05) is 0 Å². The van der Waals surface area contributed by atoms with Crippen molar-refractivity contribution in [2.75, 3.05) is 23.2 Å². The number of benzene rings is 2. The molecule has 0 fully saturated rings. The summed E-state index contributed by atoms with van der Waals surface area (Å²) in [7, 11) is -2.32. The van der Waals surface area contributed by atoms with Gasteiger partial charge in [-0.05, 0) is 42.5 Å². The quantitative estimate of drug-likeness (QED) is 0.575. The average molecular weight is 427 g/mol. The highest BCUT2D eigenvalue weighted by molar-refractivity contribution is 7.92. The molecule has 0 aliphatic carbocycles. The van der Waals surface area contributed by atoms with Crippen LogP contribution in [0.5, 0.6) is 0 Å². The molecule has 0 aliphatic heterocycles. The van der Waals surface area contributed by atoms with E-state index >= 15 is 0 Å². The lowest BCUT2D eigenvalue weighted by atomic mass is 10.3. The Bertz CT molecular complexity index is 1110. The van der Waals surface area contributed by atoms with Crippen molar-refractivity contribution in [3.63, 3.8) is 0 Å². The van der Waals surface area contributed by atoms with E-state index in [0.717, 1.165) is 0 Å². The van der Waals surface area contributed by atoms with Gasteiger partial charge in [-0.2, -0.15) is 0 Å². The molecule has 0 radical (unpaired) electrons. The monoisotopic (exact) mass is 427 g/mol. The van der Waals surface area contributed by atoms with Crippen molar-refractivity contribution in [2.24, 2.45) is 0 Å². The number of sulfonamides is 1. The number of hydrogen-bond acceptors (Lipinski definition) is 5. The first-order valence-electron chi connectivity index (χ1n) is 9.13. The molecule has 0 spiro atoms. The highest BCUT2D eigenvalue weighted by Crippen LogP contribution is 2.23. The first-order chi connectivity index (χ1) is 14.4. The molecule has 9 heteroatoms. The van der Waals surface area contributed by atoms with Crippen LogP contribution in [0.3, 0.4) is 0 Å². The van der Waals surface area contributed by atoms with E-state index in [0.29, 0.717) is 11.4 Å². The number of furan rings is 1. The van der Waals surface area contributed by atoms with Crippen LogP contribution in [0.25, 0.3) is 0 Å². The van der Waals surface area contributed by atoms with Gasteiger partial charge in [0.1, 0.15) is 0 Å². The summed E-state index contributed by atoms with van der Waals surface area (Å²) in [6.07, 6.45) is 1.41. The van der Waals surface area contributed by atoms with Gasteiger partial charge in [0.2, 0.25) is 5.91 Å². The summed E-state index contributed by atoms with van der Waals surface area (Å²) < 4.78 is 31.9. The van der Waals surface area contributed by atoms with Crippen LogP contribution in [0.15, 0.2) is 82.3 Å². The van der Waals surface area contributed by atoms with Crippen molar-refractivity contribution in [3.05, 3.63) is 78.8 Å². The minimum Gasteiger partial charge on any atom is -0.459 e. The maximum absolute atomic E-state index is 12.9. The van der Waals surface area contributed by atoms with Gasteiger partial charge in [-0.1, -0.05) is 24.3 Å². The fourth-order valence-electron chi connectivity index (χ4n) is 2.68. The fourth-order valence-corrected chi connectivity index (χ4v) is 3.92. The second kappa shape index (κ2) is 9.27. The molecule has 3 rings (SSSR count). The van der Waals surface area contributed by atoms with Crippen LogP contribution in [-0.2, 0) is 14.8 Å². The first-order valence-corrected chi connectivity index (χ1v) is 10.6. The van der Waals surface area contributed by atoms with E-state index in [-0.39, 0.29) is 29.5 Å². The third-order valence-corrected chi connectivity index (χ3v) is 6.06. The van der Waals surface area contributed by atoms with Gasteiger partial charge in [0.25, 0.3) is 15.9 Å². The molecule has 0 aliphatic rings. The van der Waals surface area contributed by atoms with Gasteiger partial charge < -0.3 is 15.1 Å². The molecule has 0 saturated carbocycles. The summed E-state index contributed by atoms with van der Waals surface area (Å²) in [5.74, 6) is -0.610. The molecule has 0 atom stereocenters. The molecule has 30 heavy (non-hydrogen) atoms. The Balaban J connectivity index is 1.61. The van der Waals surface area contributed by atoms with Gasteiger partial charge in [-0.3, -0.25) is 13.9 Å². The van der Waals surface area contributed by atoms with Crippen molar-refractivity contribution >= 4 is 33.2 Å². The minimum atomic E-state index is -3.79. The number of nitrogens with one attached hydrogen (secondary N) is 2. The van der Waals surface area contributed by atoms with E-state index in [4.69, 9.17) is 4.42 Å². The highest BCUT2D eigenvalue weighted by Gasteiger charge is 2.21. The lowest BCUT2D eigenvalue weighted by Gasteiger charge is -2.19. The number of anilines is 2. The maximum atomic E-state index is 12.9. The van der Waals surface area contributed by atoms with Gasteiger partial charge in [0.15, 0.2) is 5.76 Å². The van der Waals surface area contributed by atoms with Crippen LogP contribution in [0.2, 0.25) is 0 Å². The largest absolute Gasteiger partial charge is 0.459 e. The van der Waals surface area contributed by atoms with E-state index in [2.05, 4.69) is 10.6 Å². The Hall–Kier alpha value is -3.59. The van der Waals surface area contributed by atoms with Gasteiger partial charge >= 0.3 is 0 Å². The fraction of sp³-hybridized carbons (Fsp3) is 0.143. The lowest BCUT2D eigenvalue weighted by Crippen LogP contribution is -2.27. The van der Waals surface area contributed by atoms with Gasteiger partial charge in [-0.25, -0.2) is 8.42 Å². The van der Waals surface area contributed by atoms with Crippen LogP contribution in [0, 0.1) is 0 Å². The topological polar surface area (TPSA) is 109 Å². The van der Waals surface area contributed by atoms with E-state index in [1.165, 1.54) is 35.8 Å². The molecule has 2 aromatic carbocycles. The summed E-state index contributed by atoms with van der Waals surface area (Å²) >= 11 is 0. The zero-order valence-electron chi connectivity index (χ0n) is 16.2. The highest BCUT2D eigenvalue weighted by atomic mass is 32.2. The molecule has 2 amide bonds. The minimum absolute atomic E-state index is 0.0212. The molecule has 2 N–H and O–H groups in total. The Morgan fingerprint density at radius 2 is 1.77 bits per heavy atom. The van der Waals surface area contributed by atoms with Crippen LogP contribution < -0.4 is 14.9 Å². The second-order valence-corrected chi connectivity index (χ2v) is 8.34. The molecule has 3 aromatic rings. The molecule has 1 aromatic heterocycles. The van der Waals surface area contributed by atoms with Crippen LogP contribution in [0.4, 0.5) is 11.4 Å². The number of carbonyl (C=O) groups excluding carboxylic acids is 2. The number of rotatable bonds is 8. The average Bonchev–Trinajstić information content (AvgIpc) is 3.29. The molecule has 8 nitrogen and oxygen atoms in total. The van der Waals surface area contributed by atoms with Crippen molar-refractivity contribution in [2.45, 2.75) is 11.3 Å². The Kier molecular flexibility index (Phi) is 6.53. The SMILES string of the molecule is CN(c1ccccc1)S(=O)(=O)c1cccc(NC(=O)CCNC(=O)c2ccco2)c1. The summed E-state index contributed by atoms with van der Waals surface area (Å²) in [5, 5.41) is 5.22. The summed E-state index contributed by atoms with van der Waals surface area (Å²) in [6, 6.07) is 17.8. The third-order valence-electron chi connectivity index (χ3n) is 4.28. The van der Waals surface area contributed by atoms with Crippen molar-refractivity contribution < 1.29 is 22.4 Å². The number of carbonyl (C=O) groups is 2. The summed E-state index contributed by atoms with van der Waals surface area (Å²) in [6.45, 7) is 0.111. The summed E-state index contributed by atoms with van der Waals surface area (Å²) in [5.41, 5.74) is 0.874. The molecule has 156 valence electrons. The van der Waals surface area contributed by atoms with E-state index < -0.39 is 15.9 Å². The standard InChI is InChI=1S/C21H21N3O5S/c1-24(17-8-3-2-4-9-17)30(27,28)18-10-5-7-16(15-18)23-20(25)12-13-22-21(26)19-11-6-14-29-19/h2-11,14-15H,12-13H2,1H3,(H,22,26)(H,23,25). The number of amides is 2. The Morgan fingerprint density at radius 1 is 1.00 bits per heavy atom. The second-order valence-electron chi connectivity index (χ2n) is 6.37. The van der Waals surface area contributed by atoms with Crippen LogP contribution >= 0.6 is 0 Å². The maximum Gasteiger partial charge on any atom is 0.286 e. The van der Waals surface area contributed by atoms with E-state index in [1.54, 1.807) is 48.5 Å². The summed E-state index contributed by atoms with van der Waals surface area (Å²) in [4.78, 5) is 24.0. The van der Waals surface area contributed by atoms with Crippen molar-refractivity contribution in [3.8, 4) is 0 Å². The molecule has 0 bridgehead atoms. The van der Waals surface area contributed by atoms with E-state index in [9.17, 15) is 18.0 Å². The molecule has 0 saturated heterocycles. The lowest BCUT2D eigenvalue weighted by molar-refractivity contribution is -0.116. The third kappa shape index (κ3) is 5.06. The predicted molar refractivity (Wildman–Crippen MR) is 113 cm³/mol. The molecular weight excluding hydrogens is 406 g/mol. The van der Waals surface area contributed by atoms with Gasteiger partial charge in [0, 0.05) is 25.7 Å². The predicted octanol–water partition coefficient (Wildman–Crippen LogP) is 2.86. The molecule has 0 unspecified atom stereocenters. The van der Waals surface area contributed by atoms with Gasteiger partial charge in [-0.15, -0.1) is 0 Å². The first kappa shape index (κ1) is 21.1. The zero-order valence-corrected chi connectivity index (χ0v) is 17.1. The Labute approximate surface area is 174 Å². The number of para-hydroxylation sites is 1. The zero-order chi connectivity index (χ0) is 21.6.